The first-order valence-electron chi connectivity index (χ1n) is 6.33. The van der Waals surface area contributed by atoms with Crippen molar-refractivity contribution >= 4 is 5.91 Å². The molecule has 5 nitrogen and oxygen atoms in total. The molecule has 0 bridgehead atoms. The fourth-order valence-corrected chi connectivity index (χ4v) is 2.04. The normalized spacial score (nSPS) is 19.4. The molecule has 0 saturated carbocycles. The molecule has 1 amide bonds. The zero-order chi connectivity index (χ0) is 12.7. The number of carbonyl (C=O) groups is 1. The largest absolute Gasteiger partial charge is 0.385 e. The van der Waals surface area contributed by atoms with Gasteiger partial charge in [-0.05, 0) is 26.3 Å². The van der Waals surface area contributed by atoms with Gasteiger partial charge in [-0.2, -0.15) is 0 Å². The molecule has 0 radical (unpaired) electrons. The molecule has 1 saturated heterocycles. The molecule has 0 aliphatic carbocycles. The lowest BCUT2D eigenvalue weighted by atomic mass is 10.2. The van der Waals surface area contributed by atoms with Crippen LogP contribution in [0.3, 0.4) is 0 Å². The number of methoxy groups -OCH3 is 1. The second kappa shape index (κ2) is 7.63. The van der Waals surface area contributed by atoms with E-state index in [4.69, 9.17) is 4.74 Å². The van der Waals surface area contributed by atoms with Crippen LogP contribution in [0.25, 0.3) is 0 Å². The van der Waals surface area contributed by atoms with Crippen LogP contribution in [0.1, 0.15) is 19.8 Å². The van der Waals surface area contributed by atoms with Crippen molar-refractivity contribution in [2.24, 2.45) is 0 Å². The molecule has 0 aromatic rings. The number of piperazine rings is 1. The van der Waals surface area contributed by atoms with Gasteiger partial charge >= 0.3 is 0 Å². The Bertz CT molecular complexity index is 226. The molecule has 1 aliphatic heterocycles. The zero-order valence-electron chi connectivity index (χ0n) is 10.9. The molecule has 0 spiro atoms. The molecule has 1 rings (SSSR count). The molecule has 100 valence electrons. The summed E-state index contributed by atoms with van der Waals surface area (Å²) in [5, 5.41) is 9.22. The number of rotatable bonds is 6. The van der Waals surface area contributed by atoms with E-state index in [-0.39, 0.29) is 5.91 Å². The van der Waals surface area contributed by atoms with Crippen molar-refractivity contribution in [2.45, 2.75) is 25.9 Å². The van der Waals surface area contributed by atoms with Crippen LogP contribution in [0.4, 0.5) is 0 Å². The van der Waals surface area contributed by atoms with Crippen molar-refractivity contribution in [3.63, 3.8) is 0 Å². The SMILES string of the molecule is COCCCCN1CCN(C(=O)C(C)O)CC1. The summed E-state index contributed by atoms with van der Waals surface area (Å²) >= 11 is 0. The van der Waals surface area contributed by atoms with E-state index < -0.39 is 6.10 Å². The summed E-state index contributed by atoms with van der Waals surface area (Å²) in [6, 6.07) is 0. The van der Waals surface area contributed by atoms with Crippen LogP contribution in [0.2, 0.25) is 0 Å². The Balaban J connectivity index is 2.15. The molecule has 1 aliphatic rings. The quantitative estimate of drug-likeness (QED) is 0.665. The van der Waals surface area contributed by atoms with Gasteiger partial charge in [0.05, 0.1) is 0 Å². The van der Waals surface area contributed by atoms with Crippen LogP contribution in [-0.2, 0) is 9.53 Å². The minimum atomic E-state index is -0.872. The molecular formula is C12H24N2O3. The summed E-state index contributed by atoms with van der Waals surface area (Å²) in [4.78, 5) is 15.7. The molecule has 0 aromatic heterocycles. The van der Waals surface area contributed by atoms with Gasteiger partial charge in [0.25, 0.3) is 5.91 Å². The van der Waals surface area contributed by atoms with E-state index in [1.54, 1.807) is 12.0 Å². The number of ether oxygens (including phenoxy) is 1. The van der Waals surface area contributed by atoms with Crippen molar-refractivity contribution in [3.8, 4) is 0 Å². The Hall–Kier alpha value is -0.650. The number of hydrogen-bond donors (Lipinski definition) is 1. The van der Waals surface area contributed by atoms with Crippen LogP contribution in [0.5, 0.6) is 0 Å². The molecule has 17 heavy (non-hydrogen) atoms. The van der Waals surface area contributed by atoms with E-state index in [1.165, 1.54) is 6.92 Å². The molecular weight excluding hydrogens is 220 g/mol. The van der Waals surface area contributed by atoms with Gasteiger partial charge in [0.15, 0.2) is 0 Å². The molecule has 1 fully saturated rings. The summed E-state index contributed by atoms with van der Waals surface area (Å²) in [5.41, 5.74) is 0. The van der Waals surface area contributed by atoms with E-state index in [9.17, 15) is 9.90 Å². The first kappa shape index (κ1) is 14.4. The first-order chi connectivity index (χ1) is 8.15. The van der Waals surface area contributed by atoms with Crippen molar-refractivity contribution < 1.29 is 14.6 Å². The van der Waals surface area contributed by atoms with Crippen LogP contribution < -0.4 is 0 Å². The summed E-state index contributed by atoms with van der Waals surface area (Å²) in [7, 11) is 1.72. The Morgan fingerprint density at radius 3 is 2.47 bits per heavy atom. The van der Waals surface area contributed by atoms with Crippen LogP contribution >= 0.6 is 0 Å². The maximum atomic E-state index is 11.5. The van der Waals surface area contributed by atoms with Gasteiger partial charge < -0.3 is 14.7 Å². The lowest BCUT2D eigenvalue weighted by molar-refractivity contribution is -0.141. The van der Waals surface area contributed by atoms with Gasteiger partial charge in [-0.3, -0.25) is 9.69 Å². The minimum Gasteiger partial charge on any atom is -0.385 e. The Labute approximate surface area is 103 Å². The molecule has 5 heteroatoms. The van der Waals surface area contributed by atoms with E-state index in [2.05, 4.69) is 4.90 Å². The second-order valence-corrected chi connectivity index (χ2v) is 4.54. The van der Waals surface area contributed by atoms with Gasteiger partial charge in [-0.25, -0.2) is 0 Å². The lowest BCUT2D eigenvalue weighted by Crippen LogP contribution is -2.51. The number of unbranched alkanes of at least 4 members (excludes halogenated alkanes) is 1. The van der Waals surface area contributed by atoms with Gasteiger partial charge in [-0.1, -0.05) is 0 Å². The average molecular weight is 244 g/mol. The third kappa shape index (κ3) is 5.02. The third-order valence-electron chi connectivity index (χ3n) is 3.11. The van der Waals surface area contributed by atoms with Crippen molar-refractivity contribution in [3.05, 3.63) is 0 Å². The fourth-order valence-electron chi connectivity index (χ4n) is 2.04. The number of carbonyl (C=O) groups excluding carboxylic acids is 1. The smallest absolute Gasteiger partial charge is 0.251 e. The number of aliphatic hydroxyl groups is 1. The van der Waals surface area contributed by atoms with Crippen LogP contribution in [0, 0.1) is 0 Å². The minimum absolute atomic E-state index is 0.149. The highest BCUT2D eigenvalue weighted by molar-refractivity contribution is 5.80. The van der Waals surface area contributed by atoms with Gasteiger partial charge in [-0.15, -0.1) is 0 Å². The second-order valence-electron chi connectivity index (χ2n) is 4.54. The van der Waals surface area contributed by atoms with Crippen molar-refractivity contribution in [2.75, 3.05) is 46.4 Å². The molecule has 0 aromatic carbocycles. The van der Waals surface area contributed by atoms with E-state index in [1.807, 2.05) is 0 Å². The summed E-state index contributed by atoms with van der Waals surface area (Å²) in [5.74, 6) is -0.149. The highest BCUT2D eigenvalue weighted by Crippen LogP contribution is 2.05. The molecule has 1 N–H and O–H groups in total. The maximum Gasteiger partial charge on any atom is 0.251 e. The Kier molecular flexibility index (Phi) is 6.47. The summed E-state index contributed by atoms with van der Waals surface area (Å²) < 4.78 is 5.01. The highest BCUT2D eigenvalue weighted by atomic mass is 16.5. The topological polar surface area (TPSA) is 53.0 Å². The van der Waals surface area contributed by atoms with Crippen LogP contribution in [0.15, 0.2) is 0 Å². The van der Waals surface area contributed by atoms with Crippen molar-refractivity contribution in [1.29, 1.82) is 0 Å². The Morgan fingerprint density at radius 1 is 1.29 bits per heavy atom. The molecule has 1 atom stereocenters. The van der Waals surface area contributed by atoms with Crippen LogP contribution in [-0.4, -0.2) is 73.4 Å². The summed E-state index contributed by atoms with van der Waals surface area (Å²) in [6.07, 6.45) is 1.35. The molecule has 1 unspecified atom stereocenters. The number of aliphatic hydroxyl groups excluding tert-OH is 1. The standard InChI is InChI=1S/C12H24N2O3/c1-11(15)12(16)14-8-6-13(7-9-14)5-3-4-10-17-2/h11,15H,3-10H2,1-2H3. The Morgan fingerprint density at radius 2 is 1.94 bits per heavy atom. The van der Waals surface area contributed by atoms with E-state index in [0.29, 0.717) is 0 Å². The first-order valence-corrected chi connectivity index (χ1v) is 6.33. The summed E-state index contributed by atoms with van der Waals surface area (Å²) in [6.45, 7) is 6.69. The number of nitrogens with zero attached hydrogens (tertiary/aromatic N) is 2. The predicted molar refractivity (Wildman–Crippen MR) is 65.8 cm³/mol. The fraction of sp³-hybridized carbons (Fsp3) is 0.917. The average Bonchev–Trinajstić information content (AvgIpc) is 2.34. The lowest BCUT2D eigenvalue weighted by Gasteiger charge is -2.35. The predicted octanol–water partition coefficient (Wildman–Crippen LogP) is -0.0620. The van der Waals surface area contributed by atoms with E-state index >= 15 is 0 Å². The monoisotopic (exact) mass is 244 g/mol. The van der Waals surface area contributed by atoms with Gasteiger partial charge in [0.2, 0.25) is 0 Å². The van der Waals surface area contributed by atoms with E-state index in [0.717, 1.165) is 52.2 Å². The number of hydrogen-bond acceptors (Lipinski definition) is 4. The zero-order valence-corrected chi connectivity index (χ0v) is 10.9. The third-order valence-corrected chi connectivity index (χ3v) is 3.11. The van der Waals surface area contributed by atoms with Gasteiger partial charge in [0, 0.05) is 39.9 Å². The molecule has 1 heterocycles. The van der Waals surface area contributed by atoms with Crippen molar-refractivity contribution in [1.82, 2.24) is 9.80 Å². The number of amides is 1. The van der Waals surface area contributed by atoms with Gasteiger partial charge in [0.1, 0.15) is 6.10 Å². The highest BCUT2D eigenvalue weighted by Gasteiger charge is 2.23. The maximum absolute atomic E-state index is 11.5.